The van der Waals surface area contributed by atoms with E-state index in [4.69, 9.17) is 21.5 Å². The van der Waals surface area contributed by atoms with Gasteiger partial charge in [0.1, 0.15) is 5.82 Å². The van der Waals surface area contributed by atoms with E-state index in [0.29, 0.717) is 31.9 Å². The number of hydrogen-bond donors (Lipinski definition) is 1. The molecule has 1 aliphatic heterocycles. The Hall–Kier alpha value is -2.69. The van der Waals surface area contributed by atoms with Gasteiger partial charge in [-0.2, -0.15) is 0 Å². The molecule has 0 atom stereocenters. The second-order valence-electron chi connectivity index (χ2n) is 6.62. The van der Waals surface area contributed by atoms with E-state index in [1.165, 1.54) is 37.4 Å². The lowest BCUT2D eigenvalue weighted by Crippen LogP contribution is -2.49. The summed E-state index contributed by atoms with van der Waals surface area (Å²) in [4.78, 5) is 28.1. The van der Waals surface area contributed by atoms with Crippen molar-refractivity contribution in [1.29, 1.82) is 0 Å². The fourth-order valence-electron chi connectivity index (χ4n) is 3.23. The van der Waals surface area contributed by atoms with Crippen LogP contribution in [0.3, 0.4) is 0 Å². The Morgan fingerprint density at radius 2 is 1.73 bits per heavy atom. The predicted molar refractivity (Wildman–Crippen MR) is 109 cm³/mol. The summed E-state index contributed by atoms with van der Waals surface area (Å²) >= 11 is 5.98. The van der Waals surface area contributed by atoms with Gasteiger partial charge in [0.2, 0.25) is 10.0 Å². The first-order valence-corrected chi connectivity index (χ1v) is 10.8. The van der Waals surface area contributed by atoms with Crippen LogP contribution in [0.25, 0.3) is 0 Å². The largest absolute Gasteiger partial charge is 0.465 e. The molecule has 2 N–H and O–H groups in total. The molecule has 3 rings (SSSR count). The molecular formula is C19H19ClFN3O5S. The number of piperazine rings is 1. The quantitative estimate of drug-likeness (QED) is 0.705. The second-order valence-corrected chi connectivity index (χ2v) is 8.59. The van der Waals surface area contributed by atoms with E-state index < -0.39 is 21.8 Å². The van der Waals surface area contributed by atoms with E-state index >= 15 is 0 Å². The molecule has 1 aliphatic rings. The van der Waals surface area contributed by atoms with Gasteiger partial charge >= 0.3 is 5.97 Å². The molecule has 0 aromatic heterocycles. The molecule has 2 aromatic carbocycles. The smallest absolute Gasteiger partial charge is 0.340 e. The van der Waals surface area contributed by atoms with Crippen molar-refractivity contribution in [1.82, 2.24) is 4.90 Å². The molecule has 0 aliphatic carbocycles. The predicted octanol–water partition coefficient (Wildman–Crippen LogP) is 1.88. The summed E-state index contributed by atoms with van der Waals surface area (Å²) in [5, 5.41) is 5.19. The van der Waals surface area contributed by atoms with Crippen molar-refractivity contribution < 1.29 is 27.1 Å². The number of sulfonamides is 1. The van der Waals surface area contributed by atoms with E-state index in [2.05, 4.69) is 0 Å². The number of esters is 1. The van der Waals surface area contributed by atoms with Gasteiger partial charge in [0, 0.05) is 26.2 Å². The molecule has 2 aromatic rings. The molecule has 0 radical (unpaired) electrons. The number of rotatable bonds is 4. The van der Waals surface area contributed by atoms with Crippen molar-refractivity contribution >= 4 is 39.2 Å². The van der Waals surface area contributed by atoms with Gasteiger partial charge in [-0.3, -0.25) is 4.79 Å². The first-order chi connectivity index (χ1) is 14.1. The summed E-state index contributed by atoms with van der Waals surface area (Å²) < 4.78 is 41.2. The van der Waals surface area contributed by atoms with Gasteiger partial charge in [-0.1, -0.05) is 11.6 Å². The van der Waals surface area contributed by atoms with E-state index in [9.17, 15) is 22.4 Å². The molecule has 8 nitrogen and oxygen atoms in total. The number of benzene rings is 2. The van der Waals surface area contributed by atoms with Crippen LogP contribution in [0.15, 0.2) is 41.3 Å². The highest BCUT2D eigenvalue weighted by molar-refractivity contribution is 7.89. The number of hydrogen-bond acceptors (Lipinski definition) is 6. The van der Waals surface area contributed by atoms with E-state index in [1.54, 1.807) is 4.90 Å². The minimum absolute atomic E-state index is 0.0361. The fourth-order valence-corrected chi connectivity index (χ4v) is 4.01. The van der Waals surface area contributed by atoms with Crippen LogP contribution in [-0.2, 0) is 14.8 Å². The van der Waals surface area contributed by atoms with Crippen LogP contribution in [0.5, 0.6) is 0 Å². The van der Waals surface area contributed by atoms with Crippen LogP contribution in [-0.4, -0.2) is 58.5 Å². The minimum Gasteiger partial charge on any atom is -0.465 e. The second kappa shape index (κ2) is 8.58. The van der Waals surface area contributed by atoms with Crippen molar-refractivity contribution in [3.05, 3.63) is 58.4 Å². The van der Waals surface area contributed by atoms with Crippen molar-refractivity contribution in [3.8, 4) is 0 Å². The summed E-state index contributed by atoms with van der Waals surface area (Å²) in [6.45, 7) is 1.40. The molecule has 0 bridgehead atoms. The molecule has 1 fully saturated rings. The van der Waals surface area contributed by atoms with Crippen LogP contribution in [0.4, 0.5) is 10.1 Å². The number of nitrogens with two attached hydrogens (primary N) is 1. The average Bonchev–Trinajstić information content (AvgIpc) is 2.72. The van der Waals surface area contributed by atoms with Crippen molar-refractivity contribution in [2.24, 2.45) is 5.14 Å². The standard InChI is InChI=1S/C19H19ClFN3O5S/c1-29-19(26)15-11-13(30(22,27)28)3-5-17(15)23-6-8-24(9-7-23)18(25)14-4-2-12(21)10-16(14)20/h2-5,10-11H,6-9H2,1H3,(H2,22,27,28). The molecular weight excluding hydrogens is 437 g/mol. The summed E-state index contributed by atoms with van der Waals surface area (Å²) in [5.74, 6) is -1.55. The molecule has 30 heavy (non-hydrogen) atoms. The van der Waals surface area contributed by atoms with E-state index in [-0.39, 0.29) is 27.0 Å². The number of carbonyl (C=O) groups excluding carboxylic acids is 2. The Bertz CT molecular complexity index is 1100. The third-order valence-corrected chi connectivity index (χ3v) is 5.99. The zero-order chi connectivity index (χ0) is 22.1. The first kappa shape index (κ1) is 22.0. The summed E-state index contributed by atoms with van der Waals surface area (Å²) in [6, 6.07) is 7.57. The van der Waals surface area contributed by atoms with Gasteiger partial charge in [0.05, 0.1) is 33.8 Å². The number of anilines is 1. The van der Waals surface area contributed by atoms with Gasteiger partial charge in [-0.15, -0.1) is 0 Å². The molecule has 160 valence electrons. The fraction of sp³-hybridized carbons (Fsp3) is 0.263. The molecule has 11 heteroatoms. The zero-order valence-electron chi connectivity index (χ0n) is 16.0. The van der Waals surface area contributed by atoms with E-state index in [0.717, 1.165) is 6.07 Å². The van der Waals surface area contributed by atoms with Gasteiger partial charge < -0.3 is 14.5 Å². The van der Waals surface area contributed by atoms with Crippen molar-refractivity contribution in [2.75, 3.05) is 38.2 Å². The number of amides is 1. The highest BCUT2D eigenvalue weighted by Gasteiger charge is 2.27. The van der Waals surface area contributed by atoms with Crippen LogP contribution in [0.2, 0.25) is 5.02 Å². The Kier molecular flexibility index (Phi) is 6.30. The highest BCUT2D eigenvalue weighted by Crippen LogP contribution is 2.27. The zero-order valence-corrected chi connectivity index (χ0v) is 17.5. The SMILES string of the molecule is COC(=O)c1cc(S(N)(=O)=O)ccc1N1CCN(C(=O)c2ccc(F)cc2Cl)CC1. The van der Waals surface area contributed by atoms with Crippen LogP contribution in [0.1, 0.15) is 20.7 Å². The van der Waals surface area contributed by atoms with Crippen LogP contribution >= 0.6 is 11.6 Å². The maximum atomic E-state index is 13.2. The van der Waals surface area contributed by atoms with Gasteiger partial charge in [0.15, 0.2) is 0 Å². The lowest BCUT2D eigenvalue weighted by molar-refractivity contribution is 0.0599. The Morgan fingerprint density at radius 3 is 2.30 bits per heavy atom. The van der Waals surface area contributed by atoms with Crippen molar-refractivity contribution in [3.63, 3.8) is 0 Å². The van der Waals surface area contributed by atoms with Gasteiger partial charge in [0.25, 0.3) is 5.91 Å². The number of nitrogens with zero attached hydrogens (tertiary/aromatic N) is 2. The van der Waals surface area contributed by atoms with Crippen LogP contribution in [0, 0.1) is 5.82 Å². The number of carbonyl (C=O) groups is 2. The molecule has 0 unspecified atom stereocenters. The maximum Gasteiger partial charge on any atom is 0.340 e. The lowest BCUT2D eigenvalue weighted by Gasteiger charge is -2.37. The first-order valence-electron chi connectivity index (χ1n) is 8.86. The normalized spacial score (nSPS) is 14.5. The third-order valence-electron chi connectivity index (χ3n) is 4.77. The van der Waals surface area contributed by atoms with Gasteiger partial charge in [-0.25, -0.2) is 22.7 Å². The molecule has 1 saturated heterocycles. The minimum atomic E-state index is -3.99. The Morgan fingerprint density at radius 1 is 1.07 bits per heavy atom. The lowest BCUT2D eigenvalue weighted by atomic mass is 10.1. The highest BCUT2D eigenvalue weighted by atomic mass is 35.5. The number of primary sulfonamides is 1. The third kappa shape index (κ3) is 4.55. The maximum absolute atomic E-state index is 13.2. The molecule has 0 saturated carbocycles. The average molecular weight is 456 g/mol. The number of ether oxygens (including phenoxy) is 1. The topological polar surface area (TPSA) is 110 Å². The van der Waals surface area contributed by atoms with Crippen LogP contribution < -0.4 is 10.0 Å². The summed E-state index contributed by atoms with van der Waals surface area (Å²) in [7, 11) is -2.80. The summed E-state index contributed by atoms with van der Waals surface area (Å²) in [6.07, 6.45) is 0. The van der Waals surface area contributed by atoms with E-state index in [1.807, 2.05) is 4.90 Å². The van der Waals surface area contributed by atoms with Gasteiger partial charge in [-0.05, 0) is 36.4 Å². The Labute approximate surface area is 178 Å². The Balaban J connectivity index is 1.80. The van der Waals surface area contributed by atoms with Crippen molar-refractivity contribution in [2.45, 2.75) is 4.90 Å². The summed E-state index contributed by atoms with van der Waals surface area (Å²) in [5.41, 5.74) is 0.741. The number of methoxy groups -OCH3 is 1. The molecule has 0 spiro atoms. The molecule has 1 heterocycles. The number of halogens is 2. The molecule has 1 amide bonds. The monoisotopic (exact) mass is 455 g/mol.